The third kappa shape index (κ3) is 3.02. The first-order valence-electron chi connectivity index (χ1n) is 9.65. The van der Waals surface area contributed by atoms with Crippen molar-refractivity contribution in [2.24, 2.45) is 5.92 Å². The number of thiophene rings is 1. The summed E-state index contributed by atoms with van der Waals surface area (Å²) in [4.78, 5) is 14.8. The van der Waals surface area contributed by atoms with Gasteiger partial charge < -0.3 is 20.1 Å². The van der Waals surface area contributed by atoms with E-state index in [1.54, 1.807) is 17.4 Å². The SMILES string of the molecule is O=C(C1CCNC1)N1CCOc2c(O)cc(-c3csc4ccccc34)cc2C1. The van der Waals surface area contributed by atoms with Crippen LogP contribution in [-0.4, -0.2) is 42.2 Å². The molecule has 5 rings (SSSR count). The van der Waals surface area contributed by atoms with Gasteiger partial charge in [0, 0.05) is 34.3 Å². The molecule has 1 atom stereocenters. The zero-order valence-electron chi connectivity index (χ0n) is 15.5. The van der Waals surface area contributed by atoms with Crippen molar-refractivity contribution in [1.29, 1.82) is 0 Å². The average Bonchev–Trinajstić information content (AvgIpc) is 3.33. The fraction of sp³-hybridized carbons (Fsp3) is 0.318. The molecule has 2 aliphatic rings. The summed E-state index contributed by atoms with van der Waals surface area (Å²) < 4.78 is 7.04. The quantitative estimate of drug-likeness (QED) is 0.697. The van der Waals surface area contributed by atoms with Crippen LogP contribution in [0.1, 0.15) is 12.0 Å². The summed E-state index contributed by atoms with van der Waals surface area (Å²) in [6.45, 7) is 3.05. The molecule has 144 valence electrons. The predicted molar refractivity (Wildman–Crippen MR) is 111 cm³/mol. The van der Waals surface area contributed by atoms with E-state index < -0.39 is 0 Å². The van der Waals surface area contributed by atoms with Crippen molar-refractivity contribution in [1.82, 2.24) is 10.2 Å². The van der Waals surface area contributed by atoms with Crippen LogP contribution < -0.4 is 10.1 Å². The lowest BCUT2D eigenvalue weighted by atomic mass is 10.0. The molecule has 0 radical (unpaired) electrons. The molecule has 1 fully saturated rings. The minimum Gasteiger partial charge on any atom is -0.504 e. The van der Waals surface area contributed by atoms with Crippen molar-refractivity contribution >= 4 is 27.3 Å². The Hall–Kier alpha value is -2.57. The van der Waals surface area contributed by atoms with E-state index in [1.807, 2.05) is 17.0 Å². The van der Waals surface area contributed by atoms with Crippen molar-refractivity contribution < 1.29 is 14.6 Å². The molecule has 2 N–H and O–H groups in total. The molecule has 0 saturated carbocycles. The van der Waals surface area contributed by atoms with E-state index in [4.69, 9.17) is 4.74 Å². The summed E-state index contributed by atoms with van der Waals surface area (Å²) in [6.07, 6.45) is 0.884. The molecule has 3 heterocycles. The first-order valence-corrected chi connectivity index (χ1v) is 10.5. The topological polar surface area (TPSA) is 61.8 Å². The number of aromatic hydroxyl groups is 1. The number of nitrogens with one attached hydrogen (secondary N) is 1. The highest BCUT2D eigenvalue weighted by Gasteiger charge is 2.29. The number of carbonyl (C=O) groups excluding carboxylic acids is 1. The lowest BCUT2D eigenvalue weighted by Crippen LogP contribution is -2.37. The van der Waals surface area contributed by atoms with Crippen molar-refractivity contribution in [3.8, 4) is 22.6 Å². The number of carbonyl (C=O) groups is 1. The molecule has 1 aromatic heterocycles. The molecule has 28 heavy (non-hydrogen) atoms. The Morgan fingerprint density at radius 3 is 3.04 bits per heavy atom. The van der Waals surface area contributed by atoms with Gasteiger partial charge in [0.15, 0.2) is 11.5 Å². The van der Waals surface area contributed by atoms with Crippen LogP contribution in [0.2, 0.25) is 0 Å². The molecule has 1 unspecified atom stereocenters. The van der Waals surface area contributed by atoms with Crippen LogP contribution >= 0.6 is 11.3 Å². The standard InChI is InChI=1S/C22H22N2O3S/c25-19-10-15(18-13-28-20-4-2-1-3-17(18)20)9-16-12-24(7-8-27-21(16)19)22(26)14-5-6-23-11-14/h1-4,9-10,13-14,23,25H,5-8,11-12H2. The molecular weight excluding hydrogens is 372 g/mol. The number of amides is 1. The van der Waals surface area contributed by atoms with Gasteiger partial charge in [-0.25, -0.2) is 0 Å². The predicted octanol–water partition coefficient (Wildman–Crippen LogP) is 3.60. The van der Waals surface area contributed by atoms with Gasteiger partial charge in [0.1, 0.15) is 6.61 Å². The van der Waals surface area contributed by atoms with Crippen molar-refractivity contribution in [2.45, 2.75) is 13.0 Å². The van der Waals surface area contributed by atoms with E-state index in [0.29, 0.717) is 25.4 Å². The molecule has 0 aliphatic carbocycles. The van der Waals surface area contributed by atoms with E-state index in [2.05, 4.69) is 28.9 Å². The second-order valence-electron chi connectivity index (χ2n) is 7.43. The number of hydrogen-bond acceptors (Lipinski definition) is 5. The van der Waals surface area contributed by atoms with E-state index in [9.17, 15) is 9.90 Å². The maximum absolute atomic E-state index is 12.9. The molecule has 0 bridgehead atoms. The number of phenolic OH excluding ortho intramolecular Hbond substituents is 1. The van der Waals surface area contributed by atoms with Crippen LogP contribution in [0.5, 0.6) is 11.5 Å². The van der Waals surface area contributed by atoms with Crippen LogP contribution in [-0.2, 0) is 11.3 Å². The molecule has 2 aliphatic heterocycles. The first kappa shape index (κ1) is 17.5. The van der Waals surface area contributed by atoms with Crippen LogP contribution in [0.3, 0.4) is 0 Å². The number of phenols is 1. The van der Waals surface area contributed by atoms with Crippen molar-refractivity contribution in [3.05, 3.63) is 47.3 Å². The number of benzene rings is 2. The van der Waals surface area contributed by atoms with E-state index >= 15 is 0 Å². The largest absolute Gasteiger partial charge is 0.504 e. The highest BCUT2D eigenvalue weighted by atomic mass is 32.1. The third-order valence-corrected chi connectivity index (χ3v) is 6.59. The monoisotopic (exact) mass is 394 g/mol. The third-order valence-electron chi connectivity index (χ3n) is 5.63. The molecule has 2 aromatic carbocycles. The molecule has 6 heteroatoms. The Labute approximate surface area is 167 Å². The fourth-order valence-corrected chi connectivity index (χ4v) is 5.14. The van der Waals surface area contributed by atoms with Crippen LogP contribution in [0, 0.1) is 5.92 Å². The van der Waals surface area contributed by atoms with Gasteiger partial charge in [-0.3, -0.25) is 4.79 Å². The second-order valence-corrected chi connectivity index (χ2v) is 8.34. The number of ether oxygens (including phenoxy) is 1. The Kier molecular flexibility index (Phi) is 4.45. The first-order chi connectivity index (χ1) is 13.7. The van der Waals surface area contributed by atoms with Crippen LogP contribution in [0.25, 0.3) is 21.2 Å². The average molecular weight is 394 g/mol. The second kappa shape index (κ2) is 7.11. The summed E-state index contributed by atoms with van der Waals surface area (Å²) >= 11 is 1.69. The Morgan fingerprint density at radius 1 is 1.29 bits per heavy atom. The zero-order valence-corrected chi connectivity index (χ0v) is 16.3. The van der Waals surface area contributed by atoms with Crippen molar-refractivity contribution in [3.63, 3.8) is 0 Å². The lowest BCUT2D eigenvalue weighted by Gasteiger charge is -2.23. The smallest absolute Gasteiger partial charge is 0.227 e. The highest BCUT2D eigenvalue weighted by molar-refractivity contribution is 7.17. The van der Waals surface area contributed by atoms with E-state index in [-0.39, 0.29) is 17.6 Å². The van der Waals surface area contributed by atoms with Gasteiger partial charge in [0.05, 0.1) is 12.5 Å². The molecular formula is C22H22N2O3S. The van der Waals surface area contributed by atoms with Gasteiger partial charge in [0.2, 0.25) is 5.91 Å². The van der Waals surface area contributed by atoms with Gasteiger partial charge >= 0.3 is 0 Å². The van der Waals surface area contributed by atoms with Gasteiger partial charge in [-0.05, 0) is 42.1 Å². The molecule has 0 spiro atoms. The normalized spacial score (nSPS) is 19.3. The number of fused-ring (bicyclic) bond motifs is 2. The Morgan fingerprint density at radius 2 is 2.18 bits per heavy atom. The van der Waals surface area contributed by atoms with Gasteiger partial charge in [0.25, 0.3) is 0 Å². The van der Waals surface area contributed by atoms with Gasteiger partial charge in [-0.1, -0.05) is 18.2 Å². The summed E-state index contributed by atoms with van der Waals surface area (Å²) in [5.41, 5.74) is 2.91. The molecule has 1 amide bonds. The zero-order chi connectivity index (χ0) is 19.1. The summed E-state index contributed by atoms with van der Waals surface area (Å²) in [5.74, 6) is 0.856. The fourth-order valence-electron chi connectivity index (χ4n) is 4.17. The summed E-state index contributed by atoms with van der Waals surface area (Å²) in [5, 5.41) is 17.2. The molecule has 3 aromatic rings. The highest BCUT2D eigenvalue weighted by Crippen LogP contribution is 2.41. The molecule has 5 nitrogen and oxygen atoms in total. The summed E-state index contributed by atoms with van der Waals surface area (Å²) in [6, 6.07) is 12.1. The van der Waals surface area contributed by atoms with Gasteiger partial charge in [-0.2, -0.15) is 0 Å². The number of nitrogens with zero attached hydrogens (tertiary/aromatic N) is 1. The number of rotatable bonds is 2. The molecule has 1 saturated heterocycles. The van der Waals surface area contributed by atoms with Gasteiger partial charge in [-0.15, -0.1) is 11.3 Å². The van der Waals surface area contributed by atoms with E-state index in [1.165, 1.54) is 10.1 Å². The Balaban J connectivity index is 1.52. The Bertz CT molecular complexity index is 1040. The minimum atomic E-state index is 0.0409. The number of hydrogen-bond donors (Lipinski definition) is 2. The van der Waals surface area contributed by atoms with Crippen molar-refractivity contribution in [2.75, 3.05) is 26.2 Å². The van der Waals surface area contributed by atoms with Crippen LogP contribution in [0.4, 0.5) is 0 Å². The maximum Gasteiger partial charge on any atom is 0.227 e. The lowest BCUT2D eigenvalue weighted by molar-refractivity contribution is -0.135. The summed E-state index contributed by atoms with van der Waals surface area (Å²) in [7, 11) is 0. The van der Waals surface area contributed by atoms with E-state index in [0.717, 1.165) is 36.2 Å². The maximum atomic E-state index is 12.9. The van der Waals surface area contributed by atoms with Crippen LogP contribution in [0.15, 0.2) is 41.8 Å². The minimum absolute atomic E-state index is 0.0409.